The number of anilines is 2. The number of likely N-dealkylation sites (N-methyl/N-ethyl adjacent to an activating group) is 1. The van der Waals surface area contributed by atoms with Gasteiger partial charge in [-0.3, -0.25) is 0 Å². The van der Waals surface area contributed by atoms with E-state index in [0.29, 0.717) is 6.54 Å². The van der Waals surface area contributed by atoms with E-state index in [0.717, 1.165) is 61.3 Å². The van der Waals surface area contributed by atoms with Gasteiger partial charge in [0.15, 0.2) is 11.4 Å². The van der Waals surface area contributed by atoms with Gasteiger partial charge in [-0.15, -0.1) is 0 Å². The van der Waals surface area contributed by atoms with E-state index in [2.05, 4.69) is 14.9 Å². The van der Waals surface area contributed by atoms with Crippen molar-refractivity contribution in [3.63, 3.8) is 0 Å². The summed E-state index contributed by atoms with van der Waals surface area (Å²) in [6.07, 6.45) is 4.73. The summed E-state index contributed by atoms with van der Waals surface area (Å²) in [5.41, 5.74) is 8.26. The number of aromatic nitrogens is 2. The van der Waals surface area contributed by atoms with Crippen LogP contribution >= 0.6 is 0 Å². The standard InChI is InChI=1S/C20H29N5O3/c1-20(2,3)28-19(26)24(4)12-9-10-25(11-12)17-16-15(22-18(21)23-17)13-7-5-6-8-14(13)27-16/h12H,5-11H2,1-4H3,(H2,21,22,23)/t12-/m1/s1. The van der Waals surface area contributed by atoms with Gasteiger partial charge in [0.2, 0.25) is 5.95 Å². The Morgan fingerprint density at radius 3 is 2.79 bits per heavy atom. The van der Waals surface area contributed by atoms with Crippen molar-refractivity contribution in [3.8, 4) is 0 Å². The van der Waals surface area contributed by atoms with E-state index in [-0.39, 0.29) is 18.1 Å². The van der Waals surface area contributed by atoms with Crippen LogP contribution < -0.4 is 10.6 Å². The molecule has 152 valence electrons. The minimum Gasteiger partial charge on any atom is -0.455 e. The molecule has 0 saturated carbocycles. The number of carbonyl (C=O) groups is 1. The van der Waals surface area contributed by atoms with Crippen LogP contribution in [-0.2, 0) is 17.6 Å². The van der Waals surface area contributed by atoms with Crippen molar-refractivity contribution in [1.29, 1.82) is 0 Å². The van der Waals surface area contributed by atoms with Crippen molar-refractivity contribution < 1.29 is 13.9 Å². The maximum atomic E-state index is 12.4. The van der Waals surface area contributed by atoms with Crippen molar-refractivity contribution in [3.05, 3.63) is 11.3 Å². The van der Waals surface area contributed by atoms with E-state index in [1.807, 2.05) is 20.8 Å². The molecule has 0 spiro atoms. The first kappa shape index (κ1) is 18.8. The number of carbonyl (C=O) groups excluding carboxylic acids is 1. The van der Waals surface area contributed by atoms with E-state index in [9.17, 15) is 4.79 Å². The van der Waals surface area contributed by atoms with Crippen LogP contribution in [0.3, 0.4) is 0 Å². The van der Waals surface area contributed by atoms with Crippen molar-refractivity contribution >= 4 is 29.0 Å². The molecule has 1 amide bonds. The maximum Gasteiger partial charge on any atom is 0.410 e. The molecule has 1 fully saturated rings. The van der Waals surface area contributed by atoms with E-state index in [4.69, 9.17) is 14.9 Å². The van der Waals surface area contributed by atoms with Crippen LogP contribution in [0.2, 0.25) is 0 Å². The molecular weight excluding hydrogens is 358 g/mol. The Bertz CT molecular complexity index is 901. The second-order valence-corrected chi connectivity index (χ2v) is 8.77. The molecule has 2 aliphatic rings. The van der Waals surface area contributed by atoms with E-state index >= 15 is 0 Å². The smallest absolute Gasteiger partial charge is 0.410 e. The zero-order valence-corrected chi connectivity index (χ0v) is 17.1. The van der Waals surface area contributed by atoms with Crippen LogP contribution in [0.4, 0.5) is 16.6 Å². The van der Waals surface area contributed by atoms with Crippen molar-refractivity contribution in [2.45, 2.75) is 64.5 Å². The molecule has 2 aromatic heterocycles. The monoisotopic (exact) mass is 387 g/mol. The van der Waals surface area contributed by atoms with E-state index < -0.39 is 5.60 Å². The Balaban J connectivity index is 1.58. The summed E-state index contributed by atoms with van der Waals surface area (Å²) in [6.45, 7) is 7.05. The van der Waals surface area contributed by atoms with Crippen LogP contribution in [0.25, 0.3) is 11.1 Å². The molecule has 1 saturated heterocycles. The Kier molecular flexibility index (Phi) is 4.59. The van der Waals surface area contributed by atoms with Gasteiger partial charge in [-0.05, 0) is 46.5 Å². The fourth-order valence-corrected chi connectivity index (χ4v) is 4.07. The lowest BCUT2D eigenvalue weighted by Crippen LogP contribution is -2.42. The van der Waals surface area contributed by atoms with Crippen LogP contribution in [0, 0.1) is 0 Å². The predicted octanol–water partition coefficient (Wildman–Crippen LogP) is 3.13. The summed E-state index contributed by atoms with van der Waals surface area (Å²) in [5.74, 6) is 2.02. The molecule has 1 aliphatic heterocycles. The lowest BCUT2D eigenvalue weighted by atomic mass is 9.98. The maximum absolute atomic E-state index is 12.4. The molecule has 2 aromatic rings. The van der Waals surface area contributed by atoms with Crippen LogP contribution in [-0.4, -0.2) is 52.7 Å². The number of fused-ring (bicyclic) bond motifs is 3. The SMILES string of the molecule is CN(C(=O)OC(C)(C)C)[C@@H]1CCN(c2nc(N)nc3c4c(oc23)CCCC4)C1. The van der Waals surface area contributed by atoms with Crippen molar-refractivity contribution in [1.82, 2.24) is 14.9 Å². The Labute approximate surface area is 165 Å². The second kappa shape index (κ2) is 6.83. The number of hydrogen-bond donors (Lipinski definition) is 1. The zero-order valence-electron chi connectivity index (χ0n) is 17.1. The molecule has 3 heterocycles. The summed E-state index contributed by atoms with van der Waals surface area (Å²) in [5, 5.41) is 0. The van der Waals surface area contributed by atoms with Gasteiger partial charge in [0.25, 0.3) is 0 Å². The molecule has 1 aliphatic carbocycles. The lowest BCUT2D eigenvalue weighted by molar-refractivity contribution is 0.0238. The van der Waals surface area contributed by atoms with Crippen molar-refractivity contribution in [2.24, 2.45) is 0 Å². The average molecular weight is 387 g/mol. The highest BCUT2D eigenvalue weighted by atomic mass is 16.6. The molecule has 2 N–H and O–H groups in total. The molecule has 0 bridgehead atoms. The molecule has 0 radical (unpaired) electrons. The van der Waals surface area contributed by atoms with Gasteiger partial charge >= 0.3 is 6.09 Å². The van der Waals surface area contributed by atoms with Gasteiger partial charge in [-0.2, -0.15) is 4.98 Å². The summed E-state index contributed by atoms with van der Waals surface area (Å²) in [7, 11) is 1.79. The molecule has 0 aromatic carbocycles. The molecule has 1 atom stereocenters. The van der Waals surface area contributed by atoms with Crippen LogP contribution in [0.1, 0.15) is 51.4 Å². The second-order valence-electron chi connectivity index (χ2n) is 8.77. The number of amides is 1. The number of aryl methyl sites for hydroxylation is 2. The summed E-state index contributed by atoms with van der Waals surface area (Å²) in [4.78, 5) is 25.2. The average Bonchev–Trinajstić information content (AvgIpc) is 3.24. The Hall–Kier alpha value is -2.51. The number of rotatable bonds is 2. The van der Waals surface area contributed by atoms with Gasteiger partial charge in [0.05, 0.1) is 6.04 Å². The van der Waals surface area contributed by atoms with Gasteiger partial charge in [0.1, 0.15) is 16.9 Å². The fraction of sp³-hybridized carbons (Fsp3) is 0.650. The molecule has 0 unspecified atom stereocenters. The Morgan fingerprint density at radius 1 is 1.29 bits per heavy atom. The van der Waals surface area contributed by atoms with Gasteiger partial charge < -0.3 is 24.7 Å². The van der Waals surface area contributed by atoms with E-state index in [1.165, 1.54) is 5.56 Å². The van der Waals surface area contributed by atoms with Crippen LogP contribution in [0.5, 0.6) is 0 Å². The highest BCUT2D eigenvalue weighted by molar-refractivity contribution is 5.89. The number of nitrogens with two attached hydrogens (primary N) is 1. The molecular formula is C20H29N5O3. The molecule has 4 rings (SSSR count). The van der Waals surface area contributed by atoms with E-state index in [1.54, 1.807) is 11.9 Å². The number of nitrogen functional groups attached to an aromatic ring is 1. The molecule has 8 nitrogen and oxygen atoms in total. The first-order valence-corrected chi connectivity index (χ1v) is 10.0. The van der Waals surface area contributed by atoms with Gasteiger partial charge in [-0.25, -0.2) is 9.78 Å². The Morgan fingerprint density at radius 2 is 2.04 bits per heavy atom. The minimum absolute atomic E-state index is 0.0469. The minimum atomic E-state index is -0.510. The quantitative estimate of drug-likeness (QED) is 0.845. The number of nitrogens with zero attached hydrogens (tertiary/aromatic N) is 4. The third-order valence-electron chi connectivity index (χ3n) is 5.49. The summed E-state index contributed by atoms with van der Waals surface area (Å²) in [6, 6.07) is 0.0469. The third-order valence-corrected chi connectivity index (χ3v) is 5.49. The molecule has 8 heteroatoms. The van der Waals surface area contributed by atoms with Gasteiger partial charge in [0, 0.05) is 32.1 Å². The highest BCUT2D eigenvalue weighted by Crippen LogP contribution is 2.36. The topological polar surface area (TPSA) is 97.7 Å². The fourth-order valence-electron chi connectivity index (χ4n) is 4.07. The number of hydrogen-bond acceptors (Lipinski definition) is 7. The largest absolute Gasteiger partial charge is 0.455 e. The first-order chi connectivity index (χ1) is 13.2. The lowest BCUT2D eigenvalue weighted by Gasteiger charge is -2.28. The summed E-state index contributed by atoms with van der Waals surface area (Å²) >= 11 is 0. The first-order valence-electron chi connectivity index (χ1n) is 10.0. The highest BCUT2D eigenvalue weighted by Gasteiger charge is 2.33. The number of furan rings is 1. The van der Waals surface area contributed by atoms with Crippen LogP contribution in [0.15, 0.2) is 4.42 Å². The zero-order chi connectivity index (χ0) is 20.1. The summed E-state index contributed by atoms with van der Waals surface area (Å²) < 4.78 is 11.7. The van der Waals surface area contributed by atoms with Gasteiger partial charge in [-0.1, -0.05) is 0 Å². The third kappa shape index (κ3) is 3.47. The van der Waals surface area contributed by atoms with Crippen molar-refractivity contribution in [2.75, 3.05) is 30.8 Å². The number of ether oxygens (including phenoxy) is 1. The molecule has 28 heavy (non-hydrogen) atoms. The predicted molar refractivity (Wildman–Crippen MR) is 107 cm³/mol. The normalized spacial score (nSPS) is 19.7.